The third kappa shape index (κ3) is 8.15. The van der Waals surface area contributed by atoms with Crippen LogP contribution >= 0.6 is 0 Å². The summed E-state index contributed by atoms with van der Waals surface area (Å²) in [6.07, 6.45) is 5.77. The average Bonchev–Trinajstić information content (AvgIpc) is 3.57. The van der Waals surface area contributed by atoms with Gasteiger partial charge >= 0.3 is 11.9 Å². The van der Waals surface area contributed by atoms with E-state index in [9.17, 15) is 9.59 Å². The Morgan fingerprint density at radius 1 is 0.737 bits per heavy atom. The lowest BCUT2D eigenvalue weighted by Gasteiger charge is -2.29. The molecule has 0 saturated heterocycles. The standard InChI is InChI=1S/C23H29NO2.C9H17NO2/c1-3-20-14-21(15-22(20)23(25)26-2)24(16-18-10-6-4-7-11-18)17-19-12-8-5-9-13-19;1-3-6-4-7(10)5-8(6)9(11)12-2/h4-13,20-22H,3,14-17H2,1-2H3;6-8H,3-5,10H2,1-2H3. The number of rotatable bonds is 9. The molecule has 4 rings (SSSR count). The highest BCUT2D eigenvalue weighted by Crippen LogP contribution is 2.39. The van der Waals surface area contributed by atoms with Crippen molar-refractivity contribution in [1.82, 2.24) is 4.90 Å². The maximum absolute atomic E-state index is 12.2. The predicted molar refractivity (Wildman–Crippen MR) is 151 cm³/mol. The fourth-order valence-corrected chi connectivity index (χ4v) is 6.29. The molecular weight excluding hydrogens is 476 g/mol. The molecule has 0 radical (unpaired) electrons. The monoisotopic (exact) mass is 522 g/mol. The zero-order valence-electron chi connectivity index (χ0n) is 23.6. The number of carbonyl (C=O) groups is 2. The Balaban J connectivity index is 0.000000279. The molecule has 208 valence electrons. The van der Waals surface area contributed by atoms with Gasteiger partial charge in [-0.05, 0) is 48.6 Å². The van der Waals surface area contributed by atoms with E-state index in [0.717, 1.165) is 51.6 Å². The first-order valence-corrected chi connectivity index (χ1v) is 14.1. The number of carbonyl (C=O) groups excluding carboxylic acids is 2. The van der Waals surface area contributed by atoms with Crippen molar-refractivity contribution >= 4 is 11.9 Å². The van der Waals surface area contributed by atoms with E-state index in [2.05, 4.69) is 79.4 Å². The lowest BCUT2D eigenvalue weighted by Crippen LogP contribution is -2.33. The van der Waals surface area contributed by atoms with Crippen LogP contribution in [0, 0.1) is 23.7 Å². The molecule has 0 aliphatic heterocycles. The van der Waals surface area contributed by atoms with Crippen LogP contribution in [0.1, 0.15) is 63.5 Å². The number of nitrogens with two attached hydrogens (primary N) is 1. The van der Waals surface area contributed by atoms with Gasteiger partial charge in [-0.1, -0.05) is 87.4 Å². The summed E-state index contributed by atoms with van der Waals surface area (Å²) in [7, 11) is 2.95. The minimum atomic E-state index is -0.0881. The number of methoxy groups -OCH3 is 2. The van der Waals surface area contributed by atoms with E-state index in [1.165, 1.54) is 25.3 Å². The van der Waals surface area contributed by atoms with Crippen molar-refractivity contribution in [2.45, 2.75) is 77.5 Å². The van der Waals surface area contributed by atoms with Crippen molar-refractivity contribution in [2.24, 2.45) is 29.4 Å². The summed E-state index contributed by atoms with van der Waals surface area (Å²) < 4.78 is 9.79. The maximum Gasteiger partial charge on any atom is 0.308 e. The fourth-order valence-electron chi connectivity index (χ4n) is 6.29. The Labute approximate surface area is 228 Å². The van der Waals surface area contributed by atoms with Crippen molar-refractivity contribution < 1.29 is 19.1 Å². The van der Waals surface area contributed by atoms with Gasteiger partial charge in [0.25, 0.3) is 0 Å². The number of hydrogen-bond donors (Lipinski definition) is 1. The molecule has 6 atom stereocenters. The van der Waals surface area contributed by atoms with E-state index in [1.54, 1.807) is 0 Å². The van der Waals surface area contributed by atoms with Crippen molar-refractivity contribution in [3.05, 3.63) is 71.8 Å². The molecule has 2 fully saturated rings. The van der Waals surface area contributed by atoms with E-state index < -0.39 is 0 Å². The molecule has 6 heteroatoms. The first kappa shape index (κ1) is 29.9. The number of hydrogen-bond acceptors (Lipinski definition) is 6. The lowest BCUT2D eigenvalue weighted by molar-refractivity contribution is -0.147. The van der Waals surface area contributed by atoms with E-state index in [1.807, 2.05) is 0 Å². The first-order chi connectivity index (χ1) is 18.4. The molecule has 0 bridgehead atoms. The van der Waals surface area contributed by atoms with Crippen molar-refractivity contribution in [2.75, 3.05) is 14.2 Å². The molecule has 2 aromatic carbocycles. The molecule has 0 aromatic heterocycles. The molecule has 0 heterocycles. The molecule has 6 unspecified atom stereocenters. The van der Waals surface area contributed by atoms with Gasteiger partial charge in [0, 0.05) is 25.2 Å². The van der Waals surface area contributed by atoms with Gasteiger partial charge in [-0.15, -0.1) is 0 Å². The van der Waals surface area contributed by atoms with E-state index in [0.29, 0.717) is 17.9 Å². The smallest absolute Gasteiger partial charge is 0.308 e. The molecule has 2 aliphatic rings. The summed E-state index contributed by atoms with van der Waals surface area (Å²) in [5.41, 5.74) is 8.41. The topological polar surface area (TPSA) is 81.9 Å². The predicted octanol–water partition coefficient (Wildman–Crippen LogP) is 5.59. The highest BCUT2D eigenvalue weighted by Gasteiger charge is 2.40. The number of esters is 2. The molecule has 2 N–H and O–H groups in total. The van der Waals surface area contributed by atoms with E-state index >= 15 is 0 Å². The zero-order chi connectivity index (χ0) is 27.5. The minimum Gasteiger partial charge on any atom is -0.469 e. The Kier molecular flexibility index (Phi) is 11.8. The molecule has 2 saturated carbocycles. The van der Waals surface area contributed by atoms with Gasteiger partial charge in [0.2, 0.25) is 0 Å². The highest BCUT2D eigenvalue weighted by atomic mass is 16.5. The van der Waals surface area contributed by atoms with Gasteiger partial charge < -0.3 is 15.2 Å². The van der Waals surface area contributed by atoms with E-state index in [4.69, 9.17) is 15.2 Å². The summed E-state index contributed by atoms with van der Waals surface area (Å²) in [6.45, 7) is 6.09. The van der Waals surface area contributed by atoms with Gasteiger partial charge in [0.05, 0.1) is 26.1 Å². The van der Waals surface area contributed by atoms with Crippen LogP contribution in [-0.2, 0) is 32.2 Å². The second-order valence-electron chi connectivity index (χ2n) is 10.8. The lowest BCUT2D eigenvalue weighted by atomic mass is 9.94. The van der Waals surface area contributed by atoms with Crippen LogP contribution in [0.25, 0.3) is 0 Å². The van der Waals surface area contributed by atoms with Crippen molar-refractivity contribution in [1.29, 1.82) is 0 Å². The van der Waals surface area contributed by atoms with Crippen LogP contribution in [0.2, 0.25) is 0 Å². The number of benzene rings is 2. The van der Waals surface area contributed by atoms with Crippen LogP contribution in [0.15, 0.2) is 60.7 Å². The van der Waals surface area contributed by atoms with Crippen LogP contribution in [0.4, 0.5) is 0 Å². The normalized spacial score (nSPS) is 26.5. The summed E-state index contributed by atoms with van der Waals surface area (Å²) >= 11 is 0. The van der Waals surface area contributed by atoms with Crippen LogP contribution in [0.5, 0.6) is 0 Å². The largest absolute Gasteiger partial charge is 0.469 e. The van der Waals surface area contributed by atoms with Crippen molar-refractivity contribution in [3.63, 3.8) is 0 Å². The molecule has 0 spiro atoms. The van der Waals surface area contributed by atoms with Crippen molar-refractivity contribution in [3.8, 4) is 0 Å². The van der Waals surface area contributed by atoms with Gasteiger partial charge in [0.1, 0.15) is 0 Å². The van der Waals surface area contributed by atoms with E-state index in [-0.39, 0.29) is 29.8 Å². The Morgan fingerprint density at radius 2 is 1.18 bits per heavy atom. The second kappa shape index (κ2) is 15.0. The quantitative estimate of drug-likeness (QED) is 0.433. The maximum atomic E-state index is 12.2. The number of nitrogens with zero attached hydrogens (tertiary/aromatic N) is 1. The summed E-state index contributed by atoms with van der Waals surface area (Å²) in [5.74, 6) is 0.807. The highest BCUT2D eigenvalue weighted by molar-refractivity contribution is 5.73. The second-order valence-corrected chi connectivity index (χ2v) is 10.8. The van der Waals surface area contributed by atoms with Gasteiger partial charge in [-0.25, -0.2) is 0 Å². The summed E-state index contributed by atoms with van der Waals surface area (Å²) in [5, 5.41) is 0. The molecule has 38 heavy (non-hydrogen) atoms. The molecule has 6 nitrogen and oxygen atoms in total. The molecule has 0 amide bonds. The molecule has 2 aromatic rings. The minimum absolute atomic E-state index is 0.0315. The van der Waals surface area contributed by atoms with Crippen LogP contribution < -0.4 is 5.73 Å². The van der Waals surface area contributed by atoms with Crippen LogP contribution in [-0.4, -0.2) is 43.1 Å². The Morgan fingerprint density at radius 3 is 1.63 bits per heavy atom. The first-order valence-electron chi connectivity index (χ1n) is 14.1. The van der Waals surface area contributed by atoms with Crippen LogP contribution in [0.3, 0.4) is 0 Å². The third-order valence-corrected chi connectivity index (χ3v) is 8.43. The Bertz CT molecular complexity index is 942. The average molecular weight is 523 g/mol. The molecule has 2 aliphatic carbocycles. The summed E-state index contributed by atoms with van der Waals surface area (Å²) in [6, 6.07) is 21.8. The third-order valence-electron chi connectivity index (χ3n) is 8.43. The zero-order valence-corrected chi connectivity index (χ0v) is 23.6. The summed E-state index contributed by atoms with van der Waals surface area (Å²) in [4.78, 5) is 26.0. The van der Waals surface area contributed by atoms with Gasteiger partial charge in [-0.2, -0.15) is 0 Å². The SMILES string of the molecule is CCC1CC(N(Cc2ccccc2)Cc2ccccc2)CC1C(=O)OC.CCC1CC(N)CC1C(=O)OC. The fraction of sp³-hybridized carbons (Fsp3) is 0.562. The van der Waals surface area contributed by atoms with Gasteiger partial charge in [-0.3, -0.25) is 14.5 Å². The molecular formula is C32H46N2O4. The number of ether oxygens (including phenoxy) is 2. The Hall–Kier alpha value is -2.70. The van der Waals surface area contributed by atoms with Gasteiger partial charge in [0.15, 0.2) is 0 Å².